The van der Waals surface area contributed by atoms with E-state index in [9.17, 15) is 9.59 Å². The molecule has 1 aromatic rings. The molecule has 0 radical (unpaired) electrons. The molecule has 0 spiro atoms. The van der Waals surface area contributed by atoms with Crippen molar-refractivity contribution in [1.82, 2.24) is 5.06 Å². The molecule has 1 aliphatic carbocycles. The van der Waals surface area contributed by atoms with Crippen LogP contribution < -0.4 is 0 Å². The number of fused-ring (bicyclic) bond motifs is 2. The molecule has 1 heterocycles. The van der Waals surface area contributed by atoms with Crippen molar-refractivity contribution in [3.63, 3.8) is 0 Å². The van der Waals surface area contributed by atoms with Gasteiger partial charge in [-0.15, -0.1) is 0 Å². The van der Waals surface area contributed by atoms with Crippen LogP contribution in [0.5, 0.6) is 0 Å². The molecule has 4 nitrogen and oxygen atoms in total. The highest BCUT2D eigenvalue weighted by atomic mass is 16.7. The summed E-state index contributed by atoms with van der Waals surface area (Å²) in [5.74, 6) is -0.902. The number of benzene rings is 1. The third kappa shape index (κ3) is 1.27. The topological polar surface area (TPSA) is 46.6 Å². The summed E-state index contributed by atoms with van der Waals surface area (Å²) in [7, 11) is 0. The molecule has 0 amide bonds. The second-order valence-corrected chi connectivity index (χ2v) is 4.00. The van der Waals surface area contributed by atoms with Crippen LogP contribution in [0.3, 0.4) is 0 Å². The number of carbonyl (C=O) groups excluding carboxylic acids is 2. The van der Waals surface area contributed by atoms with Crippen molar-refractivity contribution in [2.75, 3.05) is 13.2 Å². The van der Waals surface area contributed by atoms with Crippen molar-refractivity contribution in [2.24, 2.45) is 0 Å². The number of ketones is 2. The van der Waals surface area contributed by atoms with E-state index in [4.69, 9.17) is 4.84 Å². The van der Waals surface area contributed by atoms with Crippen molar-refractivity contribution in [3.8, 4) is 0 Å². The Bertz CT molecular complexity index is 560. The summed E-state index contributed by atoms with van der Waals surface area (Å²) in [6.07, 6.45) is 0. The summed E-state index contributed by atoms with van der Waals surface area (Å²) in [6.45, 7) is 2.80. The predicted octanol–water partition coefficient (Wildman–Crippen LogP) is 1.43. The van der Waals surface area contributed by atoms with Crippen LogP contribution in [0.1, 0.15) is 22.8 Å². The van der Waals surface area contributed by atoms with Gasteiger partial charge in [0.05, 0.1) is 0 Å². The lowest BCUT2D eigenvalue weighted by Crippen LogP contribution is -2.30. The van der Waals surface area contributed by atoms with Crippen molar-refractivity contribution in [2.45, 2.75) is 6.92 Å². The highest BCUT2D eigenvalue weighted by Gasteiger charge is 2.39. The summed E-state index contributed by atoms with van der Waals surface area (Å²) < 4.78 is 0. The lowest BCUT2D eigenvalue weighted by molar-refractivity contribution is -0.125. The monoisotopic (exact) mass is 229 g/mol. The van der Waals surface area contributed by atoms with Gasteiger partial charge < -0.3 is 0 Å². The molecule has 0 aromatic heterocycles. The van der Waals surface area contributed by atoms with E-state index in [1.54, 1.807) is 12.1 Å². The zero-order chi connectivity index (χ0) is 12.0. The molecular weight excluding hydrogens is 218 g/mol. The van der Waals surface area contributed by atoms with Gasteiger partial charge in [-0.2, -0.15) is 0 Å². The van der Waals surface area contributed by atoms with Crippen LogP contribution >= 0.6 is 0 Å². The third-order valence-electron chi connectivity index (χ3n) is 3.11. The Labute approximate surface area is 98.4 Å². The SMILES string of the molecule is CCN1OCC2=C1C(=O)C(=O)c1ccccc12. The minimum atomic E-state index is -0.460. The van der Waals surface area contributed by atoms with Crippen LogP contribution in [0.15, 0.2) is 30.0 Å². The zero-order valence-electron chi connectivity index (χ0n) is 9.40. The Kier molecular flexibility index (Phi) is 2.12. The van der Waals surface area contributed by atoms with Gasteiger partial charge in [0, 0.05) is 17.7 Å². The first kappa shape index (κ1) is 10.2. The summed E-state index contributed by atoms with van der Waals surface area (Å²) in [6, 6.07) is 7.18. The Morgan fingerprint density at radius 1 is 1.18 bits per heavy atom. The molecule has 0 saturated carbocycles. The van der Waals surface area contributed by atoms with Crippen molar-refractivity contribution >= 4 is 17.1 Å². The zero-order valence-corrected chi connectivity index (χ0v) is 9.40. The normalized spacial score (nSPS) is 18.5. The van der Waals surface area contributed by atoms with Gasteiger partial charge in [0.25, 0.3) is 5.78 Å². The molecule has 0 bridgehead atoms. The minimum absolute atomic E-state index is 0.360. The molecule has 17 heavy (non-hydrogen) atoms. The number of hydrogen-bond donors (Lipinski definition) is 0. The standard InChI is InChI=1S/C13H11NO3/c1-2-14-11-10(7-17-14)8-5-3-4-6-9(8)12(15)13(11)16/h3-6H,2,7H2,1H3. The maximum atomic E-state index is 12.0. The van der Waals surface area contributed by atoms with Crippen LogP contribution in [0.2, 0.25) is 0 Å². The van der Waals surface area contributed by atoms with Crippen LogP contribution in [0.4, 0.5) is 0 Å². The van der Waals surface area contributed by atoms with Gasteiger partial charge in [0.15, 0.2) is 0 Å². The molecule has 86 valence electrons. The van der Waals surface area contributed by atoms with Gasteiger partial charge in [-0.05, 0) is 12.5 Å². The smallest absolute Gasteiger partial charge is 0.252 e. The Balaban J connectivity index is 2.25. The second kappa shape index (κ2) is 3.53. The Morgan fingerprint density at radius 3 is 2.59 bits per heavy atom. The number of rotatable bonds is 1. The van der Waals surface area contributed by atoms with Gasteiger partial charge in [0.2, 0.25) is 5.78 Å². The fraction of sp³-hybridized carbons (Fsp3) is 0.231. The minimum Gasteiger partial charge on any atom is -0.285 e. The van der Waals surface area contributed by atoms with E-state index >= 15 is 0 Å². The van der Waals surface area contributed by atoms with E-state index in [0.717, 1.165) is 11.1 Å². The summed E-state index contributed by atoms with van der Waals surface area (Å²) in [5.41, 5.74) is 2.55. The number of nitrogens with zero attached hydrogens (tertiary/aromatic N) is 1. The molecule has 3 rings (SSSR count). The number of likely N-dealkylation sites (N-methyl/N-ethyl adjacent to an activating group) is 1. The maximum Gasteiger partial charge on any atom is 0.252 e. The quantitative estimate of drug-likeness (QED) is 0.683. The lowest BCUT2D eigenvalue weighted by atomic mass is 9.87. The summed E-state index contributed by atoms with van der Waals surface area (Å²) in [4.78, 5) is 29.4. The number of allylic oxidation sites excluding steroid dienone is 1. The highest BCUT2D eigenvalue weighted by molar-refractivity contribution is 6.52. The van der Waals surface area contributed by atoms with E-state index in [1.165, 1.54) is 5.06 Å². The average Bonchev–Trinajstić information content (AvgIpc) is 2.80. The number of carbonyl (C=O) groups is 2. The van der Waals surface area contributed by atoms with Crippen molar-refractivity contribution in [3.05, 3.63) is 41.1 Å². The van der Waals surface area contributed by atoms with E-state index < -0.39 is 11.6 Å². The molecule has 1 aromatic carbocycles. The van der Waals surface area contributed by atoms with Gasteiger partial charge in [-0.25, -0.2) is 5.06 Å². The average molecular weight is 229 g/mol. The molecule has 4 heteroatoms. The molecule has 0 saturated heterocycles. The number of hydroxylamine groups is 2. The van der Waals surface area contributed by atoms with Crippen LogP contribution in [-0.4, -0.2) is 29.8 Å². The van der Waals surface area contributed by atoms with Crippen molar-refractivity contribution < 1.29 is 14.4 Å². The first-order chi connectivity index (χ1) is 8.24. The van der Waals surface area contributed by atoms with Crippen LogP contribution in [0.25, 0.3) is 5.57 Å². The number of hydrogen-bond acceptors (Lipinski definition) is 4. The summed E-state index contributed by atoms with van der Waals surface area (Å²) in [5, 5.41) is 1.51. The molecule has 0 fully saturated rings. The molecule has 0 atom stereocenters. The van der Waals surface area contributed by atoms with E-state index in [1.807, 2.05) is 19.1 Å². The number of Topliss-reactive ketones (excluding diaryl/α,β-unsaturated/α-hetero) is 2. The summed E-state index contributed by atoms with van der Waals surface area (Å²) >= 11 is 0. The lowest BCUT2D eigenvalue weighted by Gasteiger charge is -2.20. The fourth-order valence-electron chi connectivity index (χ4n) is 2.31. The van der Waals surface area contributed by atoms with Gasteiger partial charge in [-0.1, -0.05) is 24.3 Å². The Hall–Kier alpha value is -1.94. The van der Waals surface area contributed by atoms with Crippen LogP contribution in [-0.2, 0) is 9.63 Å². The molecule has 0 N–H and O–H groups in total. The van der Waals surface area contributed by atoms with E-state index in [2.05, 4.69) is 0 Å². The van der Waals surface area contributed by atoms with Gasteiger partial charge in [-0.3, -0.25) is 14.4 Å². The van der Waals surface area contributed by atoms with Crippen molar-refractivity contribution in [1.29, 1.82) is 0 Å². The third-order valence-corrected chi connectivity index (χ3v) is 3.11. The molecule has 2 aliphatic rings. The predicted molar refractivity (Wildman–Crippen MR) is 61.0 cm³/mol. The van der Waals surface area contributed by atoms with E-state index in [-0.39, 0.29) is 0 Å². The van der Waals surface area contributed by atoms with E-state index in [0.29, 0.717) is 24.4 Å². The van der Waals surface area contributed by atoms with Gasteiger partial charge in [0.1, 0.15) is 12.3 Å². The van der Waals surface area contributed by atoms with Gasteiger partial charge >= 0.3 is 0 Å². The molecular formula is C13H11NO3. The molecule has 0 unspecified atom stereocenters. The Morgan fingerprint density at radius 2 is 1.88 bits per heavy atom. The first-order valence-electron chi connectivity index (χ1n) is 5.56. The van der Waals surface area contributed by atoms with Crippen LogP contribution in [0, 0.1) is 0 Å². The largest absolute Gasteiger partial charge is 0.285 e. The fourth-order valence-corrected chi connectivity index (χ4v) is 2.31. The molecule has 1 aliphatic heterocycles. The highest BCUT2D eigenvalue weighted by Crippen LogP contribution is 2.35. The second-order valence-electron chi connectivity index (χ2n) is 4.00. The first-order valence-corrected chi connectivity index (χ1v) is 5.56. The maximum absolute atomic E-state index is 12.0.